The van der Waals surface area contributed by atoms with E-state index in [9.17, 15) is 39.6 Å². The van der Waals surface area contributed by atoms with Crippen molar-refractivity contribution in [1.29, 1.82) is 0 Å². The summed E-state index contributed by atoms with van der Waals surface area (Å²) in [6, 6.07) is -0.723. The van der Waals surface area contributed by atoms with Crippen LogP contribution in [0.2, 0.25) is 0 Å². The van der Waals surface area contributed by atoms with Crippen molar-refractivity contribution in [2.24, 2.45) is 23.7 Å². The van der Waals surface area contributed by atoms with Crippen LogP contribution in [0.3, 0.4) is 0 Å². The van der Waals surface area contributed by atoms with Gasteiger partial charge in [0.2, 0.25) is 11.8 Å². The molecule has 10 heteroatoms. The molecule has 0 aliphatic rings. The van der Waals surface area contributed by atoms with Crippen molar-refractivity contribution in [3.05, 3.63) is 0 Å². The molecular formula is C28H52N2O8. The minimum atomic E-state index is -1.65. The molecule has 2 amide bonds. The SMILES string of the molecule is CC[C@@H](O)[C@@H](O)[C@H](O)[C@@H](O)CNC(=O)CC[C@H](CC(=O)[C@@H](NC(=O)CCCC(C)C)C(C)C)C(=O)C(C)C. The Balaban J connectivity index is 5.07. The lowest BCUT2D eigenvalue weighted by Gasteiger charge is -2.26. The molecule has 6 N–H and O–H groups in total. The van der Waals surface area contributed by atoms with Crippen molar-refractivity contribution in [2.45, 2.75) is 124 Å². The summed E-state index contributed by atoms with van der Waals surface area (Å²) in [7, 11) is 0. The van der Waals surface area contributed by atoms with Gasteiger partial charge in [-0.15, -0.1) is 0 Å². The summed E-state index contributed by atoms with van der Waals surface area (Å²) in [4.78, 5) is 50.8. The third-order valence-electron chi connectivity index (χ3n) is 6.72. The summed E-state index contributed by atoms with van der Waals surface area (Å²) in [5.74, 6) is -1.81. The molecule has 0 aliphatic heterocycles. The van der Waals surface area contributed by atoms with Crippen LogP contribution in [0.4, 0.5) is 0 Å². The maximum absolute atomic E-state index is 13.1. The van der Waals surface area contributed by atoms with Gasteiger partial charge in [-0.1, -0.05) is 54.9 Å². The number of ketones is 2. The van der Waals surface area contributed by atoms with Crippen LogP contribution in [0.5, 0.6) is 0 Å². The number of amides is 2. The van der Waals surface area contributed by atoms with Crippen molar-refractivity contribution in [2.75, 3.05) is 6.54 Å². The Morgan fingerprint density at radius 3 is 1.84 bits per heavy atom. The van der Waals surface area contributed by atoms with Gasteiger partial charge in [-0.3, -0.25) is 19.2 Å². The zero-order valence-electron chi connectivity index (χ0n) is 24.3. The van der Waals surface area contributed by atoms with Crippen molar-refractivity contribution in [3.63, 3.8) is 0 Å². The molecule has 0 saturated heterocycles. The zero-order chi connectivity index (χ0) is 29.6. The predicted octanol–water partition coefficient (Wildman–Crippen LogP) is 1.50. The van der Waals surface area contributed by atoms with Crippen LogP contribution in [0.1, 0.15) is 93.4 Å². The van der Waals surface area contributed by atoms with E-state index >= 15 is 0 Å². The second kappa shape index (κ2) is 18.4. The van der Waals surface area contributed by atoms with Crippen LogP contribution in [0.15, 0.2) is 0 Å². The molecule has 0 fully saturated rings. The Bertz CT molecular complexity index is 740. The van der Waals surface area contributed by atoms with E-state index in [2.05, 4.69) is 24.5 Å². The number of carbonyl (C=O) groups excluding carboxylic acids is 4. The Kier molecular flexibility index (Phi) is 17.5. The zero-order valence-corrected chi connectivity index (χ0v) is 24.3. The van der Waals surface area contributed by atoms with Crippen LogP contribution < -0.4 is 10.6 Å². The van der Waals surface area contributed by atoms with E-state index in [4.69, 9.17) is 0 Å². The number of aliphatic hydroxyl groups is 4. The summed E-state index contributed by atoms with van der Waals surface area (Å²) in [5, 5.41) is 44.7. The molecule has 0 aromatic heterocycles. The Morgan fingerprint density at radius 1 is 0.763 bits per heavy atom. The molecule has 0 radical (unpaired) electrons. The smallest absolute Gasteiger partial charge is 0.220 e. The molecule has 0 aliphatic carbocycles. The first-order valence-electron chi connectivity index (χ1n) is 14.0. The highest BCUT2D eigenvalue weighted by Crippen LogP contribution is 2.21. The lowest BCUT2D eigenvalue weighted by molar-refractivity contribution is -0.133. The van der Waals surface area contributed by atoms with Crippen LogP contribution >= 0.6 is 0 Å². The van der Waals surface area contributed by atoms with Gasteiger partial charge in [0.05, 0.1) is 18.2 Å². The Morgan fingerprint density at radius 2 is 1.34 bits per heavy atom. The fraction of sp³-hybridized carbons (Fsp3) is 0.857. The summed E-state index contributed by atoms with van der Waals surface area (Å²) < 4.78 is 0. The van der Waals surface area contributed by atoms with E-state index in [1.165, 1.54) is 0 Å². The van der Waals surface area contributed by atoms with Gasteiger partial charge in [0, 0.05) is 37.6 Å². The van der Waals surface area contributed by atoms with Crippen molar-refractivity contribution < 1.29 is 39.6 Å². The van der Waals surface area contributed by atoms with Gasteiger partial charge >= 0.3 is 0 Å². The van der Waals surface area contributed by atoms with E-state index in [-0.39, 0.29) is 61.5 Å². The molecule has 0 unspecified atom stereocenters. The molecule has 0 aromatic rings. The minimum absolute atomic E-state index is 0.0900. The molecule has 0 saturated carbocycles. The lowest BCUT2D eigenvalue weighted by atomic mass is 9.84. The molecule has 38 heavy (non-hydrogen) atoms. The van der Waals surface area contributed by atoms with Gasteiger partial charge in [0.25, 0.3) is 0 Å². The maximum atomic E-state index is 13.1. The van der Waals surface area contributed by atoms with Crippen LogP contribution in [-0.2, 0) is 19.2 Å². The molecule has 222 valence electrons. The van der Waals surface area contributed by atoms with Gasteiger partial charge in [0.15, 0.2) is 5.78 Å². The highest BCUT2D eigenvalue weighted by Gasteiger charge is 2.32. The standard InChI is InChI=1S/C28H52N2O8/c1-8-20(31)27(37)28(38)22(33)15-29-23(34)13-12-19(26(36)18(6)7)14-21(32)25(17(4)5)30-24(35)11-9-10-16(2)3/h16-20,22,25,27-28,31,33,37-38H,8-15H2,1-7H3,(H,29,34)(H,30,35)/t19-,20-,22+,25+,27-,28-/m1/s1. The average Bonchev–Trinajstić information content (AvgIpc) is 2.85. The van der Waals surface area contributed by atoms with Gasteiger partial charge in [-0.05, 0) is 31.1 Å². The highest BCUT2D eigenvalue weighted by atomic mass is 16.4. The van der Waals surface area contributed by atoms with Crippen molar-refractivity contribution in [3.8, 4) is 0 Å². The van der Waals surface area contributed by atoms with Gasteiger partial charge in [-0.2, -0.15) is 0 Å². The molecule has 6 atom stereocenters. The van der Waals surface area contributed by atoms with Crippen LogP contribution in [0.25, 0.3) is 0 Å². The molecule has 0 bridgehead atoms. The van der Waals surface area contributed by atoms with Gasteiger partial charge in [0.1, 0.15) is 18.0 Å². The average molecular weight is 545 g/mol. The Labute approximate surface area is 228 Å². The topological polar surface area (TPSA) is 173 Å². The maximum Gasteiger partial charge on any atom is 0.220 e. The number of rotatable bonds is 20. The molecule has 0 heterocycles. The third-order valence-corrected chi connectivity index (χ3v) is 6.72. The number of hydrogen-bond donors (Lipinski definition) is 6. The summed E-state index contributed by atoms with van der Waals surface area (Å²) >= 11 is 0. The fourth-order valence-corrected chi connectivity index (χ4v) is 4.15. The van der Waals surface area contributed by atoms with E-state index in [1.807, 2.05) is 13.8 Å². The molecule has 0 rings (SSSR count). The van der Waals surface area contributed by atoms with Crippen molar-refractivity contribution >= 4 is 23.4 Å². The predicted molar refractivity (Wildman–Crippen MR) is 145 cm³/mol. The van der Waals surface area contributed by atoms with E-state index < -0.39 is 42.3 Å². The monoisotopic (exact) mass is 544 g/mol. The number of Topliss-reactive ketones (excluding diaryl/α,β-unsaturated/α-hetero) is 2. The van der Waals surface area contributed by atoms with E-state index in [1.54, 1.807) is 20.8 Å². The molecule has 0 spiro atoms. The molecule has 10 nitrogen and oxygen atoms in total. The first-order valence-corrected chi connectivity index (χ1v) is 14.0. The largest absolute Gasteiger partial charge is 0.390 e. The highest BCUT2D eigenvalue weighted by molar-refractivity contribution is 5.93. The molecular weight excluding hydrogens is 492 g/mol. The van der Waals surface area contributed by atoms with E-state index in [0.717, 1.165) is 12.8 Å². The first kappa shape index (κ1) is 36.1. The lowest BCUT2D eigenvalue weighted by Crippen LogP contribution is -2.48. The number of aliphatic hydroxyl groups excluding tert-OH is 4. The summed E-state index contributed by atoms with van der Waals surface area (Å²) in [6.45, 7) is 12.5. The van der Waals surface area contributed by atoms with Gasteiger partial charge in [-0.25, -0.2) is 0 Å². The van der Waals surface area contributed by atoms with Gasteiger partial charge < -0.3 is 31.1 Å². The van der Waals surface area contributed by atoms with Crippen LogP contribution in [0, 0.1) is 23.7 Å². The fourth-order valence-electron chi connectivity index (χ4n) is 4.15. The summed E-state index contributed by atoms with van der Waals surface area (Å²) in [5.41, 5.74) is 0. The second-order valence-electron chi connectivity index (χ2n) is 11.4. The van der Waals surface area contributed by atoms with Crippen LogP contribution in [-0.4, -0.2) is 80.8 Å². The number of nitrogens with one attached hydrogen (secondary N) is 2. The first-order chi connectivity index (χ1) is 17.6. The normalized spacial score (nSPS) is 16.6. The number of carbonyl (C=O) groups is 4. The minimum Gasteiger partial charge on any atom is -0.390 e. The van der Waals surface area contributed by atoms with E-state index in [0.29, 0.717) is 12.3 Å². The summed E-state index contributed by atoms with van der Waals surface area (Å²) in [6.07, 6.45) is -3.84. The second-order valence-corrected chi connectivity index (χ2v) is 11.4. The number of hydrogen-bond acceptors (Lipinski definition) is 8. The third kappa shape index (κ3) is 13.8. The molecule has 0 aromatic carbocycles. The Hall–Kier alpha value is -1.88. The van der Waals surface area contributed by atoms with Crippen molar-refractivity contribution in [1.82, 2.24) is 10.6 Å². The quantitative estimate of drug-likeness (QED) is 0.134.